The number of likely N-dealkylation sites (tertiary alicyclic amines) is 1. The summed E-state index contributed by atoms with van der Waals surface area (Å²) < 4.78 is 11.3. The fourth-order valence-corrected chi connectivity index (χ4v) is 5.71. The SMILES string of the molecule is c1ccc([C@@H]2CN(Cc3nnc(-c4ccco4)o3)[C@@H]3C4CCN(CC4)[C@@H]32)cc1. The van der Waals surface area contributed by atoms with Crippen LogP contribution in [0.3, 0.4) is 0 Å². The predicted octanol–water partition coefficient (Wildman–Crippen LogP) is 3.39. The average molecular weight is 376 g/mol. The molecule has 7 rings (SSSR count). The Balaban J connectivity index is 1.29. The summed E-state index contributed by atoms with van der Waals surface area (Å²) in [6, 6.07) is 15.9. The molecule has 144 valence electrons. The summed E-state index contributed by atoms with van der Waals surface area (Å²) in [7, 11) is 0. The normalized spacial score (nSPS) is 31.9. The summed E-state index contributed by atoms with van der Waals surface area (Å²) in [6.45, 7) is 4.24. The van der Waals surface area contributed by atoms with Crippen molar-refractivity contribution in [3.05, 3.63) is 60.2 Å². The van der Waals surface area contributed by atoms with Gasteiger partial charge in [-0.05, 0) is 49.5 Å². The molecule has 2 aromatic heterocycles. The van der Waals surface area contributed by atoms with Crippen molar-refractivity contribution in [3.63, 3.8) is 0 Å². The largest absolute Gasteiger partial charge is 0.459 e. The van der Waals surface area contributed by atoms with Crippen molar-refractivity contribution in [3.8, 4) is 11.7 Å². The Morgan fingerprint density at radius 2 is 1.82 bits per heavy atom. The highest BCUT2D eigenvalue weighted by Gasteiger charge is 2.53. The van der Waals surface area contributed by atoms with Crippen LogP contribution in [0.1, 0.15) is 30.2 Å². The Kier molecular flexibility index (Phi) is 3.87. The third-order valence-electron chi connectivity index (χ3n) is 6.86. The minimum absolute atomic E-state index is 0.462. The molecule has 4 saturated heterocycles. The Morgan fingerprint density at radius 3 is 2.61 bits per heavy atom. The van der Waals surface area contributed by atoms with E-state index >= 15 is 0 Å². The van der Waals surface area contributed by atoms with Crippen LogP contribution in [-0.4, -0.2) is 51.7 Å². The quantitative estimate of drug-likeness (QED) is 0.696. The molecule has 0 N–H and O–H groups in total. The maximum Gasteiger partial charge on any atom is 0.283 e. The van der Waals surface area contributed by atoms with Crippen LogP contribution in [0, 0.1) is 5.92 Å². The van der Waals surface area contributed by atoms with Gasteiger partial charge in [0.25, 0.3) is 5.89 Å². The maximum absolute atomic E-state index is 5.92. The number of hydrogen-bond acceptors (Lipinski definition) is 6. The van der Waals surface area contributed by atoms with E-state index in [9.17, 15) is 0 Å². The van der Waals surface area contributed by atoms with Crippen molar-refractivity contribution in [2.24, 2.45) is 5.92 Å². The first-order valence-electron chi connectivity index (χ1n) is 10.3. The van der Waals surface area contributed by atoms with Crippen molar-refractivity contribution < 1.29 is 8.83 Å². The first-order valence-corrected chi connectivity index (χ1v) is 10.3. The molecule has 6 nitrogen and oxygen atoms in total. The van der Waals surface area contributed by atoms with Gasteiger partial charge in [-0.1, -0.05) is 30.3 Å². The van der Waals surface area contributed by atoms with Gasteiger partial charge in [-0.3, -0.25) is 9.80 Å². The molecule has 0 radical (unpaired) electrons. The second-order valence-corrected chi connectivity index (χ2v) is 8.28. The number of piperidine rings is 3. The molecule has 6 heteroatoms. The van der Waals surface area contributed by atoms with Gasteiger partial charge in [0.05, 0.1) is 12.8 Å². The van der Waals surface area contributed by atoms with Gasteiger partial charge >= 0.3 is 0 Å². The van der Waals surface area contributed by atoms with E-state index in [-0.39, 0.29) is 0 Å². The van der Waals surface area contributed by atoms with E-state index in [0.717, 1.165) is 12.5 Å². The molecule has 0 spiro atoms. The van der Waals surface area contributed by atoms with E-state index in [1.807, 2.05) is 12.1 Å². The van der Waals surface area contributed by atoms with Crippen LogP contribution in [0.25, 0.3) is 11.7 Å². The van der Waals surface area contributed by atoms with E-state index in [2.05, 4.69) is 50.3 Å². The Morgan fingerprint density at radius 1 is 0.964 bits per heavy atom. The minimum atomic E-state index is 0.462. The standard InChI is InChI=1S/C22H24N4O2/c1-2-5-15(6-3-1)17-13-26(20-16-8-10-25(11-9-16)21(17)20)14-19-23-24-22(28-19)18-7-4-12-27-18/h1-7,12,16-17,20-21H,8-11,13-14H2/t17-,20+,21+/m0/s1. The lowest BCUT2D eigenvalue weighted by molar-refractivity contribution is -0.0105. The molecule has 4 aliphatic heterocycles. The molecule has 6 heterocycles. The molecule has 3 atom stereocenters. The van der Waals surface area contributed by atoms with Gasteiger partial charge in [-0.15, -0.1) is 10.2 Å². The molecule has 28 heavy (non-hydrogen) atoms. The summed E-state index contributed by atoms with van der Waals surface area (Å²) in [5, 5.41) is 8.48. The monoisotopic (exact) mass is 376 g/mol. The first kappa shape index (κ1) is 16.5. The van der Waals surface area contributed by atoms with Crippen molar-refractivity contribution in [2.45, 2.75) is 37.4 Å². The molecule has 0 amide bonds. The van der Waals surface area contributed by atoms with E-state index in [0.29, 0.717) is 42.1 Å². The molecular formula is C22H24N4O2. The van der Waals surface area contributed by atoms with E-state index < -0.39 is 0 Å². The highest BCUT2D eigenvalue weighted by atomic mass is 16.4. The van der Waals surface area contributed by atoms with Crippen LogP contribution in [0.4, 0.5) is 0 Å². The Hall–Kier alpha value is -2.44. The lowest BCUT2D eigenvalue weighted by Crippen LogP contribution is -2.60. The lowest BCUT2D eigenvalue weighted by atomic mass is 9.75. The maximum atomic E-state index is 5.92. The van der Waals surface area contributed by atoms with Crippen LogP contribution in [-0.2, 0) is 6.54 Å². The third-order valence-corrected chi connectivity index (χ3v) is 6.86. The number of rotatable bonds is 4. The molecule has 4 aliphatic rings. The van der Waals surface area contributed by atoms with Gasteiger partial charge in [0.15, 0.2) is 5.76 Å². The van der Waals surface area contributed by atoms with E-state index in [1.54, 1.807) is 6.26 Å². The van der Waals surface area contributed by atoms with Gasteiger partial charge in [0.2, 0.25) is 5.89 Å². The number of benzene rings is 1. The molecule has 0 unspecified atom stereocenters. The number of nitrogens with zero attached hydrogens (tertiary/aromatic N) is 4. The summed E-state index contributed by atoms with van der Waals surface area (Å²) in [4.78, 5) is 5.32. The topological polar surface area (TPSA) is 58.5 Å². The van der Waals surface area contributed by atoms with Crippen LogP contribution in [0.5, 0.6) is 0 Å². The lowest BCUT2D eigenvalue weighted by Gasteiger charge is -2.51. The summed E-state index contributed by atoms with van der Waals surface area (Å²) in [6.07, 6.45) is 4.24. The van der Waals surface area contributed by atoms with Crippen LogP contribution < -0.4 is 0 Å². The zero-order valence-corrected chi connectivity index (χ0v) is 15.8. The van der Waals surface area contributed by atoms with Gasteiger partial charge < -0.3 is 8.83 Å². The Labute approximate surface area is 164 Å². The predicted molar refractivity (Wildman–Crippen MR) is 103 cm³/mol. The molecule has 0 saturated carbocycles. The number of furan rings is 1. The smallest absolute Gasteiger partial charge is 0.283 e. The average Bonchev–Trinajstić information content (AvgIpc) is 3.50. The zero-order chi connectivity index (χ0) is 18.5. The second kappa shape index (κ2) is 6.57. The number of hydrogen-bond donors (Lipinski definition) is 0. The summed E-state index contributed by atoms with van der Waals surface area (Å²) in [5.41, 5.74) is 1.45. The van der Waals surface area contributed by atoms with Gasteiger partial charge in [-0.2, -0.15) is 0 Å². The Bertz CT molecular complexity index is 931. The van der Waals surface area contributed by atoms with Crippen molar-refractivity contribution in [1.29, 1.82) is 0 Å². The van der Waals surface area contributed by atoms with Crippen LogP contribution in [0.2, 0.25) is 0 Å². The molecule has 0 aliphatic carbocycles. The molecular weight excluding hydrogens is 352 g/mol. The van der Waals surface area contributed by atoms with Crippen LogP contribution >= 0.6 is 0 Å². The van der Waals surface area contributed by atoms with Gasteiger partial charge in [-0.25, -0.2) is 0 Å². The summed E-state index contributed by atoms with van der Waals surface area (Å²) >= 11 is 0. The van der Waals surface area contributed by atoms with Gasteiger partial charge in [0, 0.05) is 24.5 Å². The molecule has 4 fully saturated rings. The van der Waals surface area contributed by atoms with Crippen molar-refractivity contribution >= 4 is 0 Å². The van der Waals surface area contributed by atoms with Crippen molar-refractivity contribution in [2.75, 3.05) is 19.6 Å². The number of fused-ring (bicyclic) bond motifs is 2. The second-order valence-electron chi connectivity index (χ2n) is 8.28. The molecule has 2 bridgehead atoms. The zero-order valence-electron chi connectivity index (χ0n) is 15.8. The van der Waals surface area contributed by atoms with Crippen molar-refractivity contribution in [1.82, 2.24) is 20.0 Å². The minimum Gasteiger partial charge on any atom is -0.459 e. The van der Waals surface area contributed by atoms with E-state index in [1.165, 1.54) is 31.5 Å². The highest BCUT2D eigenvalue weighted by molar-refractivity contribution is 5.42. The molecule has 3 aromatic rings. The summed E-state index contributed by atoms with van der Waals surface area (Å²) in [5.74, 6) is 3.08. The fourth-order valence-electron chi connectivity index (χ4n) is 5.71. The van der Waals surface area contributed by atoms with Gasteiger partial charge in [0.1, 0.15) is 0 Å². The first-order chi connectivity index (χ1) is 13.9. The van der Waals surface area contributed by atoms with E-state index in [4.69, 9.17) is 8.83 Å². The highest BCUT2D eigenvalue weighted by Crippen LogP contribution is 2.46. The number of aromatic nitrogens is 2. The third kappa shape index (κ3) is 2.63. The fraction of sp³-hybridized carbons (Fsp3) is 0.455. The van der Waals surface area contributed by atoms with Crippen LogP contribution in [0.15, 0.2) is 57.6 Å². The molecule has 1 aromatic carbocycles.